The number of rotatable bonds is 0. The Bertz CT molecular complexity index is 470. The second-order valence-corrected chi connectivity index (χ2v) is 4.16. The standard InChI is InChI=1S/C8H5Br2N3/c9-4-3-5(11)6(10)8-7(4)12-1-2-13-8/h1-3H,11H2. The zero-order chi connectivity index (χ0) is 9.42. The highest BCUT2D eigenvalue weighted by Gasteiger charge is 2.07. The molecule has 0 aliphatic carbocycles. The maximum Gasteiger partial charge on any atom is 0.106 e. The Labute approximate surface area is 91.6 Å². The maximum atomic E-state index is 5.74. The van der Waals surface area contributed by atoms with Gasteiger partial charge in [0, 0.05) is 22.6 Å². The number of benzene rings is 1. The van der Waals surface area contributed by atoms with Crippen LogP contribution in [0.1, 0.15) is 0 Å². The highest BCUT2D eigenvalue weighted by atomic mass is 79.9. The normalized spacial score (nSPS) is 10.6. The molecule has 0 aliphatic rings. The molecule has 2 aromatic rings. The summed E-state index contributed by atoms with van der Waals surface area (Å²) >= 11 is 6.75. The van der Waals surface area contributed by atoms with E-state index in [2.05, 4.69) is 41.8 Å². The molecule has 1 aromatic carbocycles. The van der Waals surface area contributed by atoms with E-state index in [-0.39, 0.29) is 0 Å². The minimum absolute atomic E-state index is 0.653. The predicted octanol–water partition coefficient (Wildman–Crippen LogP) is 2.74. The second kappa shape index (κ2) is 3.23. The molecule has 0 bridgehead atoms. The molecule has 2 N–H and O–H groups in total. The third kappa shape index (κ3) is 1.42. The van der Waals surface area contributed by atoms with E-state index >= 15 is 0 Å². The number of aromatic nitrogens is 2. The fourth-order valence-electron chi connectivity index (χ4n) is 1.08. The van der Waals surface area contributed by atoms with Crippen LogP contribution in [-0.2, 0) is 0 Å². The number of nitrogens with zero attached hydrogens (tertiary/aromatic N) is 2. The summed E-state index contributed by atoms with van der Waals surface area (Å²) in [6.07, 6.45) is 3.29. The van der Waals surface area contributed by atoms with Crippen LogP contribution in [0.3, 0.4) is 0 Å². The molecule has 0 saturated carbocycles. The van der Waals surface area contributed by atoms with Crippen molar-refractivity contribution in [3.05, 3.63) is 27.4 Å². The van der Waals surface area contributed by atoms with Gasteiger partial charge >= 0.3 is 0 Å². The molecule has 0 amide bonds. The van der Waals surface area contributed by atoms with E-state index in [1.807, 2.05) is 0 Å². The minimum Gasteiger partial charge on any atom is -0.398 e. The van der Waals surface area contributed by atoms with Crippen molar-refractivity contribution in [2.24, 2.45) is 0 Å². The van der Waals surface area contributed by atoms with Gasteiger partial charge in [-0.3, -0.25) is 9.97 Å². The van der Waals surface area contributed by atoms with Gasteiger partial charge in [0.1, 0.15) is 11.0 Å². The topological polar surface area (TPSA) is 51.8 Å². The summed E-state index contributed by atoms with van der Waals surface area (Å²) < 4.78 is 1.65. The van der Waals surface area contributed by atoms with Crippen LogP contribution < -0.4 is 5.73 Å². The number of halogens is 2. The van der Waals surface area contributed by atoms with E-state index in [4.69, 9.17) is 5.73 Å². The largest absolute Gasteiger partial charge is 0.398 e. The van der Waals surface area contributed by atoms with Gasteiger partial charge in [-0.2, -0.15) is 0 Å². The molecule has 0 fully saturated rings. The van der Waals surface area contributed by atoms with Crippen LogP contribution in [0.15, 0.2) is 27.4 Å². The molecule has 2 rings (SSSR count). The lowest BCUT2D eigenvalue weighted by Crippen LogP contribution is -1.91. The lowest BCUT2D eigenvalue weighted by molar-refractivity contribution is 1.28. The molecule has 0 unspecified atom stereocenters. The van der Waals surface area contributed by atoms with Crippen molar-refractivity contribution in [3.8, 4) is 0 Å². The van der Waals surface area contributed by atoms with E-state index in [0.29, 0.717) is 5.69 Å². The van der Waals surface area contributed by atoms with E-state index in [9.17, 15) is 0 Å². The van der Waals surface area contributed by atoms with E-state index in [1.165, 1.54) is 0 Å². The Morgan fingerprint density at radius 2 is 1.69 bits per heavy atom. The maximum absolute atomic E-state index is 5.74. The van der Waals surface area contributed by atoms with Crippen LogP contribution in [0.5, 0.6) is 0 Å². The fraction of sp³-hybridized carbons (Fsp3) is 0. The SMILES string of the molecule is Nc1cc(Br)c2nccnc2c1Br. The van der Waals surface area contributed by atoms with Crippen molar-refractivity contribution >= 4 is 48.6 Å². The first kappa shape index (κ1) is 8.90. The summed E-state index contributed by atoms with van der Waals surface area (Å²) in [7, 11) is 0. The van der Waals surface area contributed by atoms with Crippen LogP contribution >= 0.6 is 31.9 Å². The zero-order valence-corrected chi connectivity index (χ0v) is 9.63. The summed E-state index contributed by atoms with van der Waals surface area (Å²) in [6, 6.07) is 1.81. The molecule has 66 valence electrons. The Morgan fingerprint density at radius 3 is 2.38 bits per heavy atom. The monoisotopic (exact) mass is 301 g/mol. The number of hydrogen-bond donors (Lipinski definition) is 1. The molecule has 0 saturated heterocycles. The summed E-state index contributed by atoms with van der Waals surface area (Å²) in [5.74, 6) is 0. The van der Waals surface area contributed by atoms with E-state index < -0.39 is 0 Å². The Balaban J connectivity index is 2.97. The summed E-state index contributed by atoms with van der Waals surface area (Å²) in [4.78, 5) is 8.37. The minimum atomic E-state index is 0.653. The van der Waals surface area contributed by atoms with Crippen LogP contribution in [-0.4, -0.2) is 9.97 Å². The molecular weight excluding hydrogens is 298 g/mol. The van der Waals surface area contributed by atoms with Gasteiger partial charge in [0.15, 0.2) is 0 Å². The van der Waals surface area contributed by atoms with E-state index in [1.54, 1.807) is 18.5 Å². The van der Waals surface area contributed by atoms with Gasteiger partial charge in [-0.05, 0) is 37.9 Å². The average Bonchev–Trinajstić information content (AvgIpc) is 2.15. The molecule has 5 heteroatoms. The summed E-state index contributed by atoms with van der Waals surface area (Å²) in [6.45, 7) is 0. The number of hydrogen-bond acceptors (Lipinski definition) is 3. The molecule has 1 aromatic heterocycles. The predicted molar refractivity (Wildman–Crippen MR) is 59.4 cm³/mol. The fourth-order valence-corrected chi connectivity index (χ4v) is 2.02. The van der Waals surface area contributed by atoms with Gasteiger partial charge in [0.05, 0.1) is 4.47 Å². The molecule has 3 nitrogen and oxygen atoms in total. The third-order valence-electron chi connectivity index (χ3n) is 1.67. The van der Waals surface area contributed by atoms with Gasteiger partial charge in [-0.15, -0.1) is 0 Å². The number of nitrogens with two attached hydrogens (primary N) is 1. The highest BCUT2D eigenvalue weighted by molar-refractivity contribution is 9.11. The van der Waals surface area contributed by atoms with Gasteiger partial charge < -0.3 is 5.73 Å². The first-order chi connectivity index (χ1) is 6.20. The second-order valence-electron chi connectivity index (χ2n) is 2.52. The molecule has 1 heterocycles. The molecule has 0 atom stereocenters. The summed E-state index contributed by atoms with van der Waals surface area (Å²) in [5, 5.41) is 0. The van der Waals surface area contributed by atoms with Crippen molar-refractivity contribution in [2.75, 3.05) is 5.73 Å². The van der Waals surface area contributed by atoms with Gasteiger partial charge in [0.25, 0.3) is 0 Å². The van der Waals surface area contributed by atoms with Gasteiger partial charge in [0.2, 0.25) is 0 Å². The Hall–Kier alpha value is -0.680. The van der Waals surface area contributed by atoms with Crippen molar-refractivity contribution in [1.82, 2.24) is 9.97 Å². The Kier molecular flexibility index (Phi) is 2.21. The number of anilines is 1. The summed E-state index contributed by atoms with van der Waals surface area (Å²) in [5.41, 5.74) is 7.98. The van der Waals surface area contributed by atoms with Crippen LogP contribution in [0.2, 0.25) is 0 Å². The zero-order valence-electron chi connectivity index (χ0n) is 6.46. The van der Waals surface area contributed by atoms with Crippen molar-refractivity contribution in [3.63, 3.8) is 0 Å². The molecule has 0 spiro atoms. The molecular formula is C8H5Br2N3. The lowest BCUT2D eigenvalue weighted by atomic mass is 10.3. The van der Waals surface area contributed by atoms with Crippen LogP contribution in [0, 0.1) is 0 Å². The van der Waals surface area contributed by atoms with Crippen molar-refractivity contribution < 1.29 is 0 Å². The van der Waals surface area contributed by atoms with Crippen LogP contribution in [0.25, 0.3) is 11.0 Å². The van der Waals surface area contributed by atoms with E-state index in [0.717, 1.165) is 20.0 Å². The number of nitrogen functional groups attached to an aromatic ring is 1. The first-order valence-electron chi connectivity index (χ1n) is 3.54. The molecule has 0 radical (unpaired) electrons. The Morgan fingerprint density at radius 1 is 1.08 bits per heavy atom. The molecule has 13 heavy (non-hydrogen) atoms. The van der Waals surface area contributed by atoms with Crippen molar-refractivity contribution in [1.29, 1.82) is 0 Å². The molecule has 0 aliphatic heterocycles. The first-order valence-corrected chi connectivity index (χ1v) is 5.13. The quantitative estimate of drug-likeness (QED) is 0.761. The van der Waals surface area contributed by atoms with Gasteiger partial charge in [-0.25, -0.2) is 0 Å². The average molecular weight is 303 g/mol. The highest BCUT2D eigenvalue weighted by Crippen LogP contribution is 2.32. The smallest absolute Gasteiger partial charge is 0.106 e. The number of fused-ring (bicyclic) bond motifs is 1. The van der Waals surface area contributed by atoms with Crippen LogP contribution in [0.4, 0.5) is 5.69 Å². The van der Waals surface area contributed by atoms with Gasteiger partial charge in [-0.1, -0.05) is 0 Å². The van der Waals surface area contributed by atoms with Crippen molar-refractivity contribution in [2.45, 2.75) is 0 Å². The lowest BCUT2D eigenvalue weighted by Gasteiger charge is -2.03. The third-order valence-corrected chi connectivity index (χ3v) is 3.11.